The zero-order chi connectivity index (χ0) is 18.0. The fourth-order valence-electron chi connectivity index (χ4n) is 2.84. The topological polar surface area (TPSA) is 54.5 Å². The van der Waals surface area contributed by atoms with Gasteiger partial charge in [0.15, 0.2) is 0 Å². The Morgan fingerprint density at radius 2 is 1.96 bits per heavy atom. The van der Waals surface area contributed by atoms with E-state index in [1.807, 2.05) is 30.3 Å². The van der Waals surface area contributed by atoms with Gasteiger partial charge in [-0.25, -0.2) is 4.98 Å². The smallest absolute Gasteiger partial charge is 0.221 e. The second-order valence-corrected chi connectivity index (χ2v) is 7.26. The Bertz CT molecular complexity index is 690. The molecule has 1 amide bonds. The van der Waals surface area contributed by atoms with Crippen LogP contribution in [-0.4, -0.2) is 42.9 Å². The molecule has 0 aliphatic carbocycles. The molecule has 0 bridgehead atoms. The van der Waals surface area contributed by atoms with Gasteiger partial charge in [0.05, 0.1) is 13.2 Å². The van der Waals surface area contributed by atoms with Gasteiger partial charge in [-0.2, -0.15) is 11.8 Å². The molecule has 6 heteroatoms. The maximum absolute atomic E-state index is 12.1. The van der Waals surface area contributed by atoms with Gasteiger partial charge in [0.25, 0.3) is 0 Å². The number of rotatable bonds is 8. The van der Waals surface area contributed by atoms with E-state index in [1.54, 1.807) is 18.0 Å². The van der Waals surface area contributed by atoms with Gasteiger partial charge in [0.1, 0.15) is 5.82 Å². The van der Waals surface area contributed by atoms with Crippen LogP contribution in [0.25, 0.3) is 0 Å². The molecular weight excluding hydrogens is 346 g/mol. The van der Waals surface area contributed by atoms with Crippen molar-refractivity contribution in [2.75, 3.05) is 37.0 Å². The molecule has 0 spiro atoms. The number of hydrogen-bond acceptors (Lipinski definition) is 5. The predicted octanol–water partition coefficient (Wildman–Crippen LogP) is 2.86. The number of amides is 1. The first-order valence-corrected chi connectivity index (χ1v) is 10.1. The Morgan fingerprint density at radius 3 is 2.77 bits per heavy atom. The van der Waals surface area contributed by atoms with Crippen LogP contribution in [0.15, 0.2) is 48.7 Å². The van der Waals surface area contributed by atoms with Gasteiger partial charge in [-0.3, -0.25) is 4.79 Å². The summed E-state index contributed by atoms with van der Waals surface area (Å²) in [5.41, 5.74) is 2.35. The second kappa shape index (κ2) is 10.2. The molecule has 2 heterocycles. The minimum atomic E-state index is 0.0855. The zero-order valence-electron chi connectivity index (χ0n) is 14.9. The van der Waals surface area contributed by atoms with Gasteiger partial charge in [0.2, 0.25) is 5.91 Å². The fraction of sp³-hybridized carbons (Fsp3) is 0.400. The van der Waals surface area contributed by atoms with Crippen LogP contribution >= 0.6 is 11.8 Å². The number of benzene rings is 1. The van der Waals surface area contributed by atoms with Crippen LogP contribution in [-0.2, 0) is 21.8 Å². The summed E-state index contributed by atoms with van der Waals surface area (Å²) in [5, 5.41) is 3.03. The van der Waals surface area contributed by atoms with Crippen molar-refractivity contribution in [2.45, 2.75) is 18.7 Å². The highest BCUT2D eigenvalue weighted by Crippen LogP contribution is 2.18. The van der Waals surface area contributed by atoms with E-state index in [2.05, 4.69) is 27.3 Å². The van der Waals surface area contributed by atoms with Crippen molar-refractivity contribution < 1.29 is 9.53 Å². The molecule has 5 nitrogen and oxygen atoms in total. The minimum absolute atomic E-state index is 0.0855. The van der Waals surface area contributed by atoms with Gasteiger partial charge < -0.3 is 15.0 Å². The molecule has 1 aromatic heterocycles. The third kappa shape index (κ3) is 5.75. The normalized spacial score (nSPS) is 14.2. The molecule has 138 valence electrons. The molecule has 2 aromatic rings. The minimum Gasteiger partial charge on any atom is -0.378 e. The van der Waals surface area contributed by atoms with E-state index in [0.29, 0.717) is 13.0 Å². The Hall–Kier alpha value is -2.05. The molecule has 3 rings (SSSR count). The average molecular weight is 372 g/mol. The van der Waals surface area contributed by atoms with E-state index in [1.165, 1.54) is 5.56 Å². The number of carbonyl (C=O) groups excluding carboxylic acids is 1. The maximum atomic E-state index is 12.1. The van der Waals surface area contributed by atoms with Gasteiger partial charge in [-0.05, 0) is 11.6 Å². The van der Waals surface area contributed by atoms with Gasteiger partial charge in [0, 0.05) is 49.3 Å². The second-order valence-electron chi connectivity index (χ2n) is 6.15. The number of nitrogens with zero attached hydrogens (tertiary/aromatic N) is 2. The van der Waals surface area contributed by atoms with Crippen LogP contribution < -0.4 is 10.2 Å². The van der Waals surface area contributed by atoms with Crippen molar-refractivity contribution in [2.24, 2.45) is 0 Å². The number of aromatic nitrogens is 1. The molecule has 26 heavy (non-hydrogen) atoms. The number of anilines is 1. The van der Waals surface area contributed by atoms with Crippen molar-refractivity contribution in [1.29, 1.82) is 0 Å². The molecule has 1 N–H and O–H groups in total. The van der Waals surface area contributed by atoms with Crippen LogP contribution in [0.3, 0.4) is 0 Å². The molecule has 1 saturated heterocycles. The molecule has 1 aliphatic rings. The summed E-state index contributed by atoms with van der Waals surface area (Å²) in [6.45, 7) is 3.65. The van der Waals surface area contributed by atoms with Crippen molar-refractivity contribution in [3.63, 3.8) is 0 Å². The lowest BCUT2D eigenvalue weighted by molar-refractivity contribution is -0.120. The highest BCUT2D eigenvalue weighted by molar-refractivity contribution is 7.98. The van der Waals surface area contributed by atoms with E-state index < -0.39 is 0 Å². The van der Waals surface area contributed by atoms with Gasteiger partial charge in [-0.1, -0.05) is 36.4 Å². The molecule has 1 aromatic carbocycles. The number of pyridine rings is 1. The number of thioether (sulfide) groups is 1. The Labute approximate surface area is 159 Å². The van der Waals surface area contributed by atoms with Crippen LogP contribution in [0, 0.1) is 0 Å². The molecule has 0 radical (unpaired) electrons. The standard InChI is InChI=1S/C20H25N3O2S/c24-19(8-14-26-16-17-5-2-1-3-6-17)22-15-18-7-4-9-21-20(18)23-10-12-25-13-11-23/h1-7,9H,8,10-16H2,(H,22,24). The number of carbonyl (C=O) groups is 1. The van der Waals surface area contributed by atoms with Crippen molar-refractivity contribution in [3.05, 3.63) is 59.8 Å². The van der Waals surface area contributed by atoms with E-state index >= 15 is 0 Å². The van der Waals surface area contributed by atoms with Gasteiger partial charge in [-0.15, -0.1) is 0 Å². The number of morpholine rings is 1. The quantitative estimate of drug-likeness (QED) is 0.723. The largest absolute Gasteiger partial charge is 0.378 e. The molecular formula is C20H25N3O2S. The first-order chi connectivity index (χ1) is 12.8. The summed E-state index contributed by atoms with van der Waals surface area (Å²) >= 11 is 1.79. The SMILES string of the molecule is O=C(CCSCc1ccccc1)NCc1cccnc1N1CCOCC1. The number of nitrogens with one attached hydrogen (secondary N) is 1. The Morgan fingerprint density at radius 1 is 1.15 bits per heavy atom. The molecule has 1 aliphatic heterocycles. The molecule has 0 unspecified atom stereocenters. The van der Waals surface area contributed by atoms with Crippen molar-refractivity contribution >= 4 is 23.5 Å². The van der Waals surface area contributed by atoms with E-state index in [0.717, 1.165) is 49.2 Å². The molecule has 1 fully saturated rings. The summed E-state index contributed by atoms with van der Waals surface area (Å²) < 4.78 is 5.40. The maximum Gasteiger partial charge on any atom is 0.221 e. The molecule has 0 atom stereocenters. The van der Waals surface area contributed by atoms with Crippen LogP contribution in [0.1, 0.15) is 17.5 Å². The summed E-state index contributed by atoms with van der Waals surface area (Å²) in [4.78, 5) is 18.9. The number of hydrogen-bond donors (Lipinski definition) is 1. The average Bonchev–Trinajstić information content (AvgIpc) is 2.71. The van der Waals surface area contributed by atoms with E-state index in [9.17, 15) is 4.79 Å². The Balaban J connectivity index is 1.41. The number of ether oxygens (including phenoxy) is 1. The zero-order valence-corrected chi connectivity index (χ0v) is 15.7. The van der Waals surface area contributed by atoms with Crippen LogP contribution in [0.2, 0.25) is 0 Å². The van der Waals surface area contributed by atoms with E-state index in [-0.39, 0.29) is 5.91 Å². The third-order valence-electron chi connectivity index (χ3n) is 4.24. The lowest BCUT2D eigenvalue weighted by Gasteiger charge is -2.29. The third-order valence-corrected chi connectivity index (χ3v) is 5.27. The van der Waals surface area contributed by atoms with E-state index in [4.69, 9.17) is 4.74 Å². The monoisotopic (exact) mass is 371 g/mol. The van der Waals surface area contributed by atoms with Crippen LogP contribution in [0.4, 0.5) is 5.82 Å². The first kappa shape index (κ1) is 18.7. The lowest BCUT2D eigenvalue weighted by atomic mass is 10.2. The summed E-state index contributed by atoms with van der Waals surface area (Å²) in [6.07, 6.45) is 2.33. The highest BCUT2D eigenvalue weighted by atomic mass is 32.2. The lowest BCUT2D eigenvalue weighted by Crippen LogP contribution is -2.37. The fourth-order valence-corrected chi connectivity index (χ4v) is 3.74. The highest BCUT2D eigenvalue weighted by Gasteiger charge is 2.16. The summed E-state index contributed by atoms with van der Waals surface area (Å²) in [5.74, 6) is 2.80. The molecule has 0 saturated carbocycles. The van der Waals surface area contributed by atoms with Crippen molar-refractivity contribution in [1.82, 2.24) is 10.3 Å². The predicted molar refractivity (Wildman–Crippen MR) is 106 cm³/mol. The summed E-state index contributed by atoms with van der Waals surface area (Å²) in [7, 11) is 0. The summed E-state index contributed by atoms with van der Waals surface area (Å²) in [6, 6.07) is 14.3. The van der Waals surface area contributed by atoms with Crippen molar-refractivity contribution in [3.8, 4) is 0 Å². The first-order valence-electron chi connectivity index (χ1n) is 8.98. The Kier molecular flexibility index (Phi) is 7.34. The van der Waals surface area contributed by atoms with Crippen LogP contribution in [0.5, 0.6) is 0 Å². The van der Waals surface area contributed by atoms with Gasteiger partial charge >= 0.3 is 0 Å².